The normalized spacial score (nSPS) is 15.6. The number of fused-ring (bicyclic) bond motifs is 1. The van der Waals surface area contributed by atoms with Gasteiger partial charge in [-0.3, -0.25) is 0 Å². The predicted octanol–water partition coefficient (Wildman–Crippen LogP) is 5.66. The minimum Gasteiger partial charge on any atom is -0.445 e. The summed E-state index contributed by atoms with van der Waals surface area (Å²) in [5, 5.41) is 4.77. The van der Waals surface area contributed by atoms with Crippen LogP contribution in [0.3, 0.4) is 0 Å². The van der Waals surface area contributed by atoms with Crippen molar-refractivity contribution in [1.29, 1.82) is 0 Å². The van der Waals surface area contributed by atoms with Crippen molar-refractivity contribution < 1.29 is 18.2 Å². The topological polar surface area (TPSA) is 73.4 Å². The highest BCUT2D eigenvalue weighted by molar-refractivity contribution is 5.91. The summed E-state index contributed by atoms with van der Waals surface area (Å²) in [7, 11) is 0. The van der Waals surface area contributed by atoms with Crippen LogP contribution in [0.5, 0.6) is 0 Å². The molecule has 0 unspecified atom stereocenters. The Balaban J connectivity index is 1.37. The minimum absolute atomic E-state index is 0.244. The maximum atomic E-state index is 12.5. The van der Waals surface area contributed by atoms with Crippen LogP contribution < -0.4 is 0 Å². The molecule has 0 radical (unpaired) electrons. The predicted molar refractivity (Wildman–Crippen MR) is 131 cm³/mol. The number of aromatic nitrogens is 3. The van der Waals surface area contributed by atoms with E-state index >= 15 is 0 Å². The summed E-state index contributed by atoms with van der Waals surface area (Å²) in [5.74, 6) is 0.681. The van der Waals surface area contributed by atoms with Crippen molar-refractivity contribution in [3.05, 3.63) is 76.9 Å². The largest absolute Gasteiger partial charge is 0.445 e. The van der Waals surface area contributed by atoms with E-state index < -0.39 is 6.98 Å². The molecule has 0 aliphatic carbocycles. The molecule has 34 heavy (non-hydrogen) atoms. The van der Waals surface area contributed by atoms with Gasteiger partial charge in [-0.05, 0) is 38.3 Å². The van der Waals surface area contributed by atoms with Crippen molar-refractivity contribution in [1.82, 2.24) is 19.6 Å². The lowest BCUT2D eigenvalue weighted by Gasteiger charge is -2.27. The third-order valence-corrected chi connectivity index (χ3v) is 6.22. The molecule has 0 N–H and O–H groups in total. The van der Waals surface area contributed by atoms with Gasteiger partial charge < -0.3 is 18.7 Å². The summed E-state index contributed by atoms with van der Waals surface area (Å²) < 4.78 is 36.0. The van der Waals surface area contributed by atoms with Crippen LogP contribution >= 0.6 is 0 Å². The van der Waals surface area contributed by atoms with Crippen molar-refractivity contribution >= 4 is 23.2 Å². The fourth-order valence-corrected chi connectivity index (χ4v) is 4.43. The molecule has 4 heterocycles. The molecule has 1 fully saturated rings. The first kappa shape index (κ1) is 18.5. The van der Waals surface area contributed by atoms with Crippen molar-refractivity contribution in [2.75, 3.05) is 13.1 Å². The smallest absolute Gasteiger partial charge is 0.410 e. The molecule has 1 amide bonds. The van der Waals surface area contributed by atoms with Gasteiger partial charge in [-0.25, -0.2) is 9.78 Å². The lowest BCUT2D eigenvalue weighted by Crippen LogP contribution is -2.36. The highest BCUT2D eigenvalue weighted by atomic mass is 16.6. The first-order valence-electron chi connectivity index (χ1n) is 12.8. The molecule has 1 aromatic carbocycles. The number of likely N-dealkylation sites (tertiary alicyclic amines) is 1. The Kier molecular flexibility index (Phi) is 5.00. The van der Waals surface area contributed by atoms with E-state index in [0.29, 0.717) is 37.3 Å². The van der Waals surface area contributed by atoms with E-state index in [1.54, 1.807) is 17.3 Å². The minimum atomic E-state index is -2.36. The van der Waals surface area contributed by atoms with Crippen LogP contribution in [0.25, 0.3) is 28.2 Å². The van der Waals surface area contributed by atoms with Gasteiger partial charge in [0.1, 0.15) is 18.0 Å². The number of benzene rings is 1. The first-order chi connectivity index (χ1) is 17.7. The monoisotopic (exact) mass is 459 g/mol. The van der Waals surface area contributed by atoms with Crippen LogP contribution in [-0.2, 0) is 18.3 Å². The Labute approximate surface area is 202 Å². The van der Waals surface area contributed by atoms with Crippen LogP contribution in [0, 0.1) is 13.8 Å². The van der Waals surface area contributed by atoms with E-state index in [2.05, 4.69) is 10.1 Å². The van der Waals surface area contributed by atoms with Gasteiger partial charge in [-0.15, -0.1) is 0 Å². The molecule has 7 nitrogen and oxygen atoms in total. The number of hydrogen-bond donors (Lipinski definition) is 0. The third kappa shape index (κ3) is 4.33. The number of amides is 1. The number of nitrogens with zero attached hydrogens (tertiary/aromatic N) is 4. The summed E-state index contributed by atoms with van der Waals surface area (Å²) in [4.78, 5) is 18.8. The van der Waals surface area contributed by atoms with E-state index in [0.717, 1.165) is 38.9 Å². The van der Waals surface area contributed by atoms with Gasteiger partial charge in [0.05, 0.1) is 5.69 Å². The lowest BCUT2D eigenvalue weighted by molar-refractivity contribution is 0.0936. The zero-order chi connectivity index (χ0) is 26.2. The fourth-order valence-electron chi connectivity index (χ4n) is 4.43. The molecule has 5 rings (SSSR count). The number of rotatable bonds is 4. The van der Waals surface area contributed by atoms with Gasteiger partial charge in [0.25, 0.3) is 0 Å². The summed E-state index contributed by atoms with van der Waals surface area (Å²) in [6, 6.07) is 11.5. The van der Waals surface area contributed by atoms with Gasteiger partial charge >= 0.3 is 6.09 Å². The van der Waals surface area contributed by atoms with E-state index in [1.807, 2.05) is 56.3 Å². The highest BCUT2D eigenvalue weighted by Crippen LogP contribution is 2.31. The van der Waals surface area contributed by atoms with Crippen molar-refractivity contribution in [3.8, 4) is 11.1 Å². The number of carbonyl (C=O) groups is 1. The number of ether oxygens (including phenoxy) is 1. The Morgan fingerprint density at radius 1 is 1.24 bits per heavy atom. The zero-order valence-electron chi connectivity index (χ0n) is 22.2. The maximum Gasteiger partial charge on any atom is 0.410 e. The van der Waals surface area contributed by atoms with E-state index in [9.17, 15) is 4.79 Å². The molecule has 7 heteroatoms. The van der Waals surface area contributed by atoms with Crippen molar-refractivity contribution in [2.45, 2.75) is 33.3 Å². The van der Waals surface area contributed by atoms with Gasteiger partial charge in [-0.1, -0.05) is 47.1 Å². The van der Waals surface area contributed by atoms with E-state index in [1.165, 1.54) is 4.57 Å². The lowest BCUT2D eigenvalue weighted by atomic mass is 10.00. The average Bonchev–Trinajstić information content (AvgIpc) is 3.42. The first-order valence-corrected chi connectivity index (χ1v) is 11.3. The standard InChI is InChI=1S/C27H28N4O3/c1-18-25(19(2)34-29-18)22-14-24-23(16-30(3)26(24)28-15-22)13-20-9-11-31(12-10-20)27(32)33-17-21-7-5-4-6-8-21/h4-8,13-16H,9-12,17H2,1-3H3/i3D3. The van der Waals surface area contributed by atoms with E-state index in [4.69, 9.17) is 13.4 Å². The second-order valence-electron chi connectivity index (χ2n) is 8.58. The molecular weight excluding hydrogens is 428 g/mol. The Morgan fingerprint density at radius 2 is 2.03 bits per heavy atom. The number of piperidine rings is 1. The number of hydrogen-bond acceptors (Lipinski definition) is 5. The summed E-state index contributed by atoms with van der Waals surface area (Å²) >= 11 is 0. The molecule has 1 aliphatic heterocycles. The van der Waals surface area contributed by atoms with Gasteiger partial charge in [0.2, 0.25) is 0 Å². The number of pyridine rings is 1. The van der Waals surface area contributed by atoms with Gasteiger partial charge in [0, 0.05) is 58.6 Å². The molecule has 4 aromatic rings. The van der Waals surface area contributed by atoms with Gasteiger partial charge in [-0.2, -0.15) is 0 Å². The van der Waals surface area contributed by atoms with Crippen LogP contribution in [0.1, 0.15) is 39.5 Å². The highest BCUT2D eigenvalue weighted by Gasteiger charge is 2.21. The van der Waals surface area contributed by atoms with Crippen LogP contribution in [0.2, 0.25) is 0 Å². The Morgan fingerprint density at radius 3 is 2.74 bits per heavy atom. The van der Waals surface area contributed by atoms with Gasteiger partial charge in [0.15, 0.2) is 0 Å². The second kappa shape index (κ2) is 9.17. The molecule has 1 aliphatic rings. The molecule has 1 saturated heterocycles. The average molecular weight is 460 g/mol. The summed E-state index contributed by atoms with van der Waals surface area (Å²) in [5.41, 5.74) is 5.69. The van der Waals surface area contributed by atoms with Crippen LogP contribution in [0.15, 0.2) is 58.9 Å². The molecule has 174 valence electrons. The zero-order valence-corrected chi connectivity index (χ0v) is 19.2. The number of carbonyl (C=O) groups excluding carboxylic acids is 1. The SMILES string of the molecule is [2H]C([2H])([2H])n1cc(C=C2CCN(C(=O)OCc3ccccc3)CC2)c2cc(-c3c(C)noc3C)cnc21. The van der Waals surface area contributed by atoms with Crippen LogP contribution in [0.4, 0.5) is 4.79 Å². The van der Waals surface area contributed by atoms with Crippen molar-refractivity contribution in [3.63, 3.8) is 0 Å². The molecule has 0 bridgehead atoms. The molecular formula is C27H28N4O3. The second-order valence-corrected chi connectivity index (χ2v) is 8.58. The molecule has 0 spiro atoms. The third-order valence-electron chi connectivity index (χ3n) is 6.22. The Hall–Kier alpha value is -3.87. The van der Waals surface area contributed by atoms with Crippen molar-refractivity contribution in [2.24, 2.45) is 6.98 Å². The Bertz CT molecular complexity index is 1440. The fraction of sp³-hybridized carbons (Fsp3) is 0.296. The summed E-state index contributed by atoms with van der Waals surface area (Å²) in [6.07, 6.45) is 6.35. The quantitative estimate of drug-likeness (QED) is 0.394. The van der Waals surface area contributed by atoms with Crippen LogP contribution in [-0.4, -0.2) is 38.8 Å². The molecule has 0 saturated carbocycles. The maximum absolute atomic E-state index is 12.5. The summed E-state index contributed by atoms with van der Waals surface area (Å²) in [6.45, 7) is 2.67. The molecule has 3 aromatic heterocycles. The number of aryl methyl sites for hydroxylation is 3. The molecule has 0 atom stereocenters. The van der Waals surface area contributed by atoms with E-state index in [-0.39, 0.29) is 12.7 Å².